The Hall–Kier alpha value is -1.81. The van der Waals surface area contributed by atoms with Gasteiger partial charge in [-0.1, -0.05) is 50.2 Å². The summed E-state index contributed by atoms with van der Waals surface area (Å²) >= 11 is 0. The van der Waals surface area contributed by atoms with E-state index in [1.54, 1.807) is 28.6 Å². The smallest absolute Gasteiger partial charge is 0.263 e. The van der Waals surface area contributed by atoms with Crippen LogP contribution < -0.4 is 4.31 Å². The standard InChI is InChI=1S/C21H27NO2S/c1-17(2)18-13-15-20(16-14-18)22(19-9-5-3-6-10-19)25(23,24)21-11-7-4-8-12-21/h3-12,17-18,20H,13-16H2,1-2H3. The van der Waals surface area contributed by atoms with E-state index in [4.69, 9.17) is 0 Å². The van der Waals surface area contributed by atoms with Crippen molar-refractivity contribution in [1.82, 2.24) is 0 Å². The molecule has 2 aromatic carbocycles. The molecule has 0 N–H and O–H groups in total. The second-order valence-electron chi connectivity index (χ2n) is 7.26. The molecule has 0 unspecified atom stereocenters. The zero-order valence-electron chi connectivity index (χ0n) is 15.0. The molecule has 1 aliphatic carbocycles. The van der Waals surface area contributed by atoms with Gasteiger partial charge in [-0.25, -0.2) is 8.42 Å². The van der Waals surface area contributed by atoms with E-state index >= 15 is 0 Å². The van der Waals surface area contributed by atoms with Crippen LogP contribution in [0.1, 0.15) is 39.5 Å². The van der Waals surface area contributed by atoms with Gasteiger partial charge in [0, 0.05) is 6.04 Å². The summed E-state index contributed by atoms with van der Waals surface area (Å²) in [5, 5.41) is 0. The maximum Gasteiger partial charge on any atom is 0.264 e. The molecule has 1 fully saturated rings. The zero-order valence-corrected chi connectivity index (χ0v) is 15.8. The summed E-state index contributed by atoms with van der Waals surface area (Å²) in [6.07, 6.45) is 4.03. The van der Waals surface area contributed by atoms with Crippen molar-refractivity contribution in [3.63, 3.8) is 0 Å². The SMILES string of the molecule is CC(C)C1CCC(N(c2ccccc2)S(=O)(=O)c2ccccc2)CC1. The molecule has 134 valence electrons. The number of nitrogens with zero attached hydrogens (tertiary/aromatic N) is 1. The third-order valence-corrected chi connectivity index (χ3v) is 7.22. The van der Waals surface area contributed by atoms with Gasteiger partial charge in [-0.15, -0.1) is 0 Å². The third kappa shape index (κ3) is 3.90. The molecule has 3 rings (SSSR count). The number of sulfonamides is 1. The lowest BCUT2D eigenvalue weighted by Gasteiger charge is -2.38. The number of para-hydroxylation sites is 1. The van der Waals surface area contributed by atoms with E-state index in [0.717, 1.165) is 31.4 Å². The van der Waals surface area contributed by atoms with Gasteiger partial charge in [-0.2, -0.15) is 0 Å². The number of rotatable bonds is 5. The van der Waals surface area contributed by atoms with Gasteiger partial charge >= 0.3 is 0 Å². The van der Waals surface area contributed by atoms with Crippen LogP contribution in [0.4, 0.5) is 5.69 Å². The number of benzene rings is 2. The van der Waals surface area contributed by atoms with E-state index in [-0.39, 0.29) is 6.04 Å². The van der Waals surface area contributed by atoms with Gasteiger partial charge in [0.05, 0.1) is 10.6 Å². The topological polar surface area (TPSA) is 37.4 Å². The molecule has 0 aliphatic heterocycles. The lowest BCUT2D eigenvalue weighted by molar-refractivity contribution is 0.260. The molecule has 3 nitrogen and oxygen atoms in total. The first-order chi connectivity index (χ1) is 12.0. The summed E-state index contributed by atoms with van der Waals surface area (Å²) < 4.78 is 28.4. The van der Waals surface area contributed by atoms with Crippen LogP contribution in [-0.2, 0) is 10.0 Å². The summed E-state index contributed by atoms with van der Waals surface area (Å²) in [6, 6.07) is 18.3. The molecular formula is C21H27NO2S. The maximum absolute atomic E-state index is 13.4. The van der Waals surface area contributed by atoms with E-state index in [9.17, 15) is 8.42 Å². The van der Waals surface area contributed by atoms with Crippen molar-refractivity contribution in [3.8, 4) is 0 Å². The van der Waals surface area contributed by atoms with Crippen LogP contribution in [0, 0.1) is 11.8 Å². The summed E-state index contributed by atoms with van der Waals surface area (Å²) in [5.74, 6) is 1.37. The minimum absolute atomic E-state index is 0.0302. The highest BCUT2D eigenvalue weighted by atomic mass is 32.2. The number of hydrogen-bond donors (Lipinski definition) is 0. The first kappa shape index (κ1) is 18.0. The van der Waals surface area contributed by atoms with Crippen molar-refractivity contribution in [3.05, 3.63) is 60.7 Å². The minimum Gasteiger partial charge on any atom is -0.263 e. The second kappa shape index (κ2) is 7.61. The van der Waals surface area contributed by atoms with Gasteiger partial charge in [0.2, 0.25) is 0 Å². The molecule has 0 radical (unpaired) electrons. The maximum atomic E-state index is 13.4. The molecule has 0 bridgehead atoms. The molecule has 0 amide bonds. The van der Waals surface area contributed by atoms with E-state index in [1.165, 1.54) is 0 Å². The second-order valence-corrected chi connectivity index (χ2v) is 9.08. The first-order valence-electron chi connectivity index (χ1n) is 9.14. The zero-order chi connectivity index (χ0) is 17.9. The van der Waals surface area contributed by atoms with Crippen LogP contribution in [0.3, 0.4) is 0 Å². The average molecular weight is 358 g/mol. The molecular weight excluding hydrogens is 330 g/mol. The van der Waals surface area contributed by atoms with Crippen molar-refractivity contribution in [2.45, 2.75) is 50.5 Å². The highest BCUT2D eigenvalue weighted by Crippen LogP contribution is 2.36. The van der Waals surface area contributed by atoms with Gasteiger partial charge in [0.25, 0.3) is 10.0 Å². The Morgan fingerprint density at radius 1 is 0.840 bits per heavy atom. The molecule has 1 saturated carbocycles. The Morgan fingerprint density at radius 3 is 1.88 bits per heavy atom. The predicted molar refractivity (Wildman–Crippen MR) is 103 cm³/mol. The lowest BCUT2D eigenvalue weighted by Crippen LogP contribution is -2.43. The molecule has 0 heterocycles. The van der Waals surface area contributed by atoms with Crippen molar-refractivity contribution < 1.29 is 8.42 Å². The molecule has 4 heteroatoms. The lowest BCUT2D eigenvalue weighted by atomic mass is 9.79. The Morgan fingerprint density at radius 2 is 1.36 bits per heavy atom. The molecule has 2 aromatic rings. The minimum atomic E-state index is -3.56. The Balaban J connectivity index is 1.95. The normalized spacial score (nSPS) is 21.2. The Kier molecular flexibility index (Phi) is 5.48. The fourth-order valence-corrected chi connectivity index (χ4v) is 5.56. The van der Waals surface area contributed by atoms with Crippen LogP contribution >= 0.6 is 0 Å². The molecule has 0 aromatic heterocycles. The van der Waals surface area contributed by atoms with E-state index in [1.807, 2.05) is 36.4 Å². The van der Waals surface area contributed by atoms with Crippen molar-refractivity contribution in [1.29, 1.82) is 0 Å². The highest BCUT2D eigenvalue weighted by molar-refractivity contribution is 7.92. The van der Waals surface area contributed by atoms with Crippen LogP contribution in [0.15, 0.2) is 65.6 Å². The third-order valence-electron chi connectivity index (χ3n) is 5.33. The van der Waals surface area contributed by atoms with Crippen molar-refractivity contribution in [2.75, 3.05) is 4.31 Å². The largest absolute Gasteiger partial charge is 0.264 e. The molecule has 0 spiro atoms. The van der Waals surface area contributed by atoms with Gasteiger partial charge in [0.1, 0.15) is 0 Å². The van der Waals surface area contributed by atoms with Crippen molar-refractivity contribution in [2.24, 2.45) is 11.8 Å². The van der Waals surface area contributed by atoms with Gasteiger partial charge in [-0.3, -0.25) is 4.31 Å². The molecule has 0 saturated heterocycles. The Bertz CT molecular complexity index is 764. The van der Waals surface area contributed by atoms with Crippen LogP contribution in [0.25, 0.3) is 0 Å². The highest BCUT2D eigenvalue weighted by Gasteiger charge is 2.34. The summed E-state index contributed by atoms with van der Waals surface area (Å²) in [6.45, 7) is 4.53. The van der Waals surface area contributed by atoms with Gasteiger partial charge in [0.15, 0.2) is 0 Å². The van der Waals surface area contributed by atoms with E-state index < -0.39 is 10.0 Å². The predicted octanol–water partition coefficient (Wildman–Crippen LogP) is 5.10. The fraction of sp³-hybridized carbons (Fsp3) is 0.429. The Labute approximate surface area is 151 Å². The molecule has 0 atom stereocenters. The monoisotopic (exact) mass is 357 g/mol. The first-order valence-corrected chi connectivity index (χ1v) is 10.6. The fourth-order valence-electron chi connectivity index (χ4n) is 3.83. The molecule has 1 aliphatic rings. The quantitative estimate of drug-likeness (QED) is 0.747. The average Bonchev–Trinajstić information content (AvgIpc) is 2.64. The van der Waals surface area contributed by atoms with Crippen molar-refractivity contribution >= 4 is 15.7 Å². The van der Waals surface area contributed by atoms with Gasteiger partial charge in [-0.05, 0) is 61.8 Å². The molecule has 25 heavy (non-hydrogen) atoms. The van der Waals surface area contributed by atoms with Crippen LogP contribution in [0.2, 0.25) is 0 Å². The van der Waals surface area contributed by atoms with E-state index in [0.29, 0.717) is 16.7 Å². The van der Waals surface area contributed by atoms with Gasteiger partial charge < -0.3 is 0 Å². The van der Waals surface area contributed by atoms with Crippen LogP contribution in [0.5, 0.6) is 0 Å². The van der Waals surface area contributed by atoms with E-state index in [2.05, 4.69) is 13.8 Å². The summed E-state index contributed by atoms with van der Waals surface area (Å²) in [4.78, 5) is 0.366. The summed E-state index contributed by atoms with van der Waals surface area (Å²) in [5.41, 5.74) is 0.763. The summed E-state index contributed by atoms with van der Waals surface area (Å²) in [7, 11) is -3.56. The number of anilines is 1. The number of hydrogen-bond acceptors (Lipinski definition) is 2. The van der Waals surface area contributed by atoms with Crippen LogP contribution in [-0.4, -0.2) is 14.5 Å².